The van der Waals surface area contributed by atoms with Crippen molar-refractivity contribution in [2.75, 3.05) is 47.8 Å². The molecule has 0 bridgehead atoms. The Labute approximate surface area is 376 Å². The number of nitrogens with one attached hydrogen (secondary N) is 2. The summed E-state index contributed by atoms with van der Waals surface area (Å²) in [5.41, 5.74) is 5.37. The fourth-order valence-electron chi connectivity index (χ4n) is 9.03. The number of nitrogens with zero attached hydrogens (tertiary/aromatic N) is 2. The molecule has 0 aliphatic carbocycles. The Morgan fingerprint density at radius 1 is 0.831 bits per heavy atom. The van der Waals surface area contributed by atoms with Crippen molar-refractivity contribution in [3.05, 3.63) is 87.2 Å². The molecule has 3 aliphatic rings. The van der Waals surface area contributed by atoms with Crippen molar-refractivity contribution in [1.29, 1.82) is 0 Å². The van der Waals surface area contributed by atoms with E-state index >= 15 is 8.63 Å². The third kappa shape index (κ3) is 9.50. The molecule has 5 heterocycles. The molecule has 0 unspecified atom stereocenters. The van der Waals surface area contributed by atoms with Gasteiger partial charge in [0, 0.05) is 67.4 Å². The quantitative estimate of drug-likeness (QED) is 0.0474. The molecule has 65 heavy (non-hydrogen) atoms. The number of allylic oxidation sites excluding steroid dienone is 4. The number of amides is 2. The molecule has 4 aromatic rings. The van der Waals surface area contributed by atoms with Crippen molar-refractivity contribution in [2.24, 2.45) is 0 Å². The number of fused-ring (bicyclic) bond motifs is 4. The molecule has 17 heteroatoms. The van der Waals surface area contributed by atoms with Gasteiger partial charge in [-0.05, 0) is 82.3 Å². The van der Waals surface area contributed by atoms with Crippen molar-refractivity contribution in [1.82, 2.24) is 15.1 Å². The van der Waals surface area contributed by atoms with E-state index in [0.29, 0.717) is 114 Å². The molecule has 7 rings (SSSR count). The number of benzene rings is 2. The lowest BCUT2D eigenvalue weighted by Gasteiger charge is -2.34. The number of ether oxygens (including phenoxy) is 6. The molecule has 0 saturated heterocycles. The van der Waals surface area contributed by atoms with E-state index in [9.17, 15) is 14.4 Å². The van der Waals surface area contributed by atoms with E-state index < -0.39 is 6.97 Å². The summed E-state index contributed by atoms with van der Waals surface area (Å²) in [6.07, 6.45) is 12.6. The molecular weight excluding hydrogens is 841 g/mol. The van der Waals surface area contributed by atoms with Crippen LogP contribution in [0.5, 0.6) is 34.5 Å². The molecule has 2 aromatic heterocycles. The van der Waals surface area contributed by atoms with Crippen LogP contribution in [-0.2, 0) is 9.59 Å². The number of rotatable bonds is 21. The SMILES string of the molecule is COc1cc2c(=O)c(-c3cc(OC)c4c(c3OC)OCO4)coc2cc1OC/C=C/CCC(=O)NCCCCCCNC(=O)CCCC1=C2C(C)=CC(C)=[N+]2[B-](F)(F)n2c(C)cc(C)c21. The molecule has 0 atom stereocenters. The number of halogens is 2. The predicted octanol–water partition coefficient (Wildman–Crippen LogP) is 8.39. The van der Waals surface area contributed by atoms with Crippen LogP contribution >= 0.6 is 0 Å². The molecule has 0 saturated carbocycles. The summed E-state index contributed by atoms with van der Waals surface area (Å²) in [7, 11) is 4.45. The molecule has 346 valence electrons. The van der Waals surface area contributed by atoms with Gasteiger partial charge in [-0.15, -0.1) is 0 Å². The summed E-state index contributed by atoms with van der Waals surface area (Å²) in [4.78, 5) is 38.9. The summed E-state index contributed by atoms with van der Waals surface area (Å²) in [6.45, 7) is 4.52. The zero-order valence-corrected chi connectivity index (χ0v) is 38.1. The molecule has 0 fully saturated rings. The van der Waals surface area contributed by atoms with E-state index in [-0.39, 0.29) is 41.6 Å². The second-order valence-corrected chi connectivity index (χ2v) is 16.4. The fourth-order valence-corrected chi connectivity index (χ4v) is 9.03. The van der Waals surface area contributed by atoms with Crippen molar-refractivity contribution < 1.29 is 55.5 Å². The van der Waals surface area contributed by atoms with Gasteiger partial charge in [0.2, 0.25) is 35.5 Å². The van der Waals surface area contributed by atoms with Gasteiger partial charge in [0.05, 0.1) is 32.3 Å². The van der Waals surface area contributed by atoms with E-state index in [0.717, 1.165) is 42.4 Å². The molecule has 3 aliphatic heterocycles. The van der Waals surface area contributed by atoms with Gasteiger partial charge < -0.3 is 61.1 Å². The van der Waals surface area contributed by atoms with Crippen LogP contribution in [0.1, 0.15) is 88.6 Å². The Balaban J connectivity index is 0.779. The number of hydrogen-bond acceptors (Lipinski definition) is 10. The Morgan fingerprint density at radius 2 is 1.54 bits per heavy atom. The highest BCUT2D eigenvalue weighted by atomic mass is 19.2. The second kappa shape index (κ2) is 20.1. The number of hydrogen-bond donors (Lipinski definition) is 2. The summed E-state index contributed by atoms with van der Waals surface area (Å²) in [5, 5.41) is 6.24. The molecule has 0 spiro atoms. The summed E-state index contributed by atoms with van der Waals surface area (Å²) < 4.78 is 73.6. The Kier molecular flexibility index (Phi) is 14.4. The highest BCUT2D eigenvalue weighted by Crippen LogP contribution is 2.52. The average Bonchev–Trinajstić information content (AvgIpc) is 3.98. The van der Waals surface area contributed by atoms with Gasteiger partial charge in [-0.3, -0.25) is 14.4 Å². The molecule has 14 nitrogen and oxygen atoms in total. The van der Waals surface area contributed by atoms with Crippen molar-refractivity contribution >= 4 is 41.0 Å². The standard InChI is InChI=1S/C48H57BF2N4O10/c1-29-22-31(3)54-43(29)33(44-30(2)23-32(4)55(44)49(54,50)51)16-15-18-42(57)53-20-13-9-8-12-19-52-41(56)17-11-10-14-21-62-39-26-37-35(25-38(39)59-5)45(58)36(27-63-37)34-24-40(60-6)47-48(46(34)61-7)65-28-64-47/h10,14,22-27H,8-9,11-13,15-21,28H2,1-7H3,(H,52,56)(H,53,57)/b14-10+. The van der Waals surface area contributed by atoms with Crippen LogP contribution in [0.15, 0.2) is 69.2 Å². The number of methoxy groups -OCH3 is 3. The number of carbonyl (C=O) groups is 2. The first-order valence-electron chi connectivity index (χ1n) is 22.1. The van der Waals surface area contributed by atoms with E-state index in [2.05, 4.69) is 10.6 Å². The van der Waals surface area contributed by atoms with Crippen LogP contribution < -0.4 is 44.5 Å². The van der Waals surface area contributed by atoms with Gasteiger partial charge in [-0.1, -0.05) is 25.0 Å². The maximum Gasteiger partial charge on any atom is 0.737 e. The highest BCUT2D eigenvalue weighted by molar-refractivity contribution is 6.58. The smallest absolute Gasteiger partial charge is 0.493 e. The average molecular weight is 899 g/mol. The van der Waals surface area contributed by atoms with Crippen LogP contribution in [-0.4, -0.2) is 81.3 Å². The number of carbonyl (C=O) groups excluding carboxylic acids is 2. The first-order valence-corrected chi connectivity index (χ1v) is 22.1. The first kappa shape index (κ1) is 46.5. The minimum Gasteiger partial charge on any atom is -0.493 e. The third-order valence-corrected chi connectivity index (χ3v) is 12.0. The van der Waals surface area contributed by atoms with E-state index in [4.69, 9.17) is 32.8 Å². The van der Waals surface area contributed by atoms with E-state index in [1.54, 1.807) is 32.0 Å². The van der Waals surface area contributed by atoms with Crippen LogP contribution in [0.4, 0.5) is 8.63 Å². The molecule has 0 radical (unpaired) electrons. The molecule has 2 aromatic carbocycles. The topological polar surface area (TPSA) is 152 Å². The third-order valence-electron chi connectivity index (χ3n) is 12.0. The van der Waals surface area contributed by atoms with E-state index in [1.807, 2.05) is 38.1 Å². The van der Waals surface area contributed by atoms with E-state index in [1.165, 1.54) is 36.6 Å². The molecule has 2 N–H and O–H groups in total. The van der Waals surface area contributed by atoms with Crippen LogP contribution in [0, 0.1) is 13.8 Å². The monoisotopic (exact) mass is 898 g/mol. The summed E-state index contributed by atoms with van der Waals surface area (Å²) >= 11 is 0. The van der Waals surface area contributed by atoms with Crippen molar-refractivity contribution in [3.8, 4) is 45.6 Å². The second-order valence-electron chi connectivity index (χ2n) is 16.4. The van der Waals surface area contributed by atoms with Gasteiger partial charge >= 0.3 is 6.97 Å². The Bertz CT molecular complexity index is 2680. The normalized spacial score (nSPS) is 14.8. The maximum absolute atomic E-state index is 15.8. The molecular formula is C48H57BF2N4O10. The van der Waals surface area contributed by atoms with Gasteiger partial charge in [0.15, 0.2) is 28.7 Å². The zero-order chi connectivity index (χ0) is 46.4. The van der Waals surface area contributed by atoms with Gasteiger partial charge in [-0.25, -0.2) is 0 Å². The molecule has 2 amide bonds. The lowest BCUT2D eigenvalue weighted by atomic mass is 9.84. The van der Waals surface area contributed by atoms with Crippen LogP contribution in [0.3, 0.4) is 0 Å². The first-order chi connectivity index (χ1) is 31.3. The van der Waals surface area contributed by atoms with Crippen LogP contribution in [0.25, 0.3) is 27.7 Å². The Hall–Kier alpha value is -6.52. The minimum absolute atomic E-state index is 0.00726. The number of aromatic nitrogens is 1. The summed E-state index contributed by atoms with van der Waals surface area (Å²) in [5.74, 6) is 2.08. The fraction of sp³-hybridized carbons (Fsp3) is 0.417. The van der Waals surface area contributed by atoms with Gasteiger partial charge in [-0.2, -0.15) is 0 Å². The lowest BCUT2D eigenvalue weighted by molar-refractivity contribution is -0.363. The highest BCUT2D eigenvalue weighted by Gasteiger charge is 2.54. The largest absolute Gasteiger partial charge is 0.737 e. The van der Waals surface area contributed by atoms with Crippen molar-refractivity contribution in [2.45, 2.75) is 85.5 Å². The maximum atomic E-state index is 15.8. The van der Waals surface area contributed by atoms with Crippen molar-refractivity contribution in [3.63, 3.8) is 0 Å². The van der Waals surface area contributed by atoms with Crippen LogP contribution in [0.2, 0.25) is 0 Å². The van der Waals surface area contributed by atoms with Gasteiger partial charge in [0.1, 0.15) is 24.2 Å². The minimum atomic E-state index is -4.00. The zero-order valence-electron chi connectivity index (χ0n) is 38.1. The Morgan fingerprint density at radius 3 is 2.25 bits per heavy atom. The lowest BCUT2D eigenvalue weighted by Crippen LogP contribution is -2.51. The summed E-state index contributed by atoms with van der Waals surface area (Å²) in [6, 6.07) is 6.63. The number of unbranched alkanes of at least 4 members (excludes halogenated alkanes) is 3. The predicted molar refractivity (Wildman–Crippen MR) is 245 cm³/mol. The van der Waals surface area contributed by atoms with Gasteiger partial charge in [0.25, 0.3) is 0 Å². The number of aryl methyl sites for hydroxylation is 2.